The lowest BCUT2D eigenvalue weighted by atomic mass is 9.80. The maximum atomic E-state index is 2.24. The van der Waals surface area contributed by atoms with Crippen molar-refractivity contribution in [2.75, 3.05) is 0 Å². The van der Waals surface area contributed by atoms with E-state index < -0.39 is 0 Å². The van der Waals surface area contributed by atoms with Gasteiger partial charge in [0.25, 0.3) is 0 Å². The van der Waals surface area contributed by atoms with E-state index in [-0.39, 0.29) is 0 Å². The second-order valence-electron chi connectivity index (χ2n) is 3.04. The van der Waals surface area contributed by atoms with Crippen LogP contribution >= 0.6 is 0 Å². The van der Waals surface area contributed by atoms with Gasteiger partial charge in [0.2, 0.25) is 0 Å². The van der Waals surface area contributed by atoms with Crippen molar-refractivity contribution in [2.45, 2.75) is 25.2 Å². The minimum absolute atomic E-state index is 0.890. The quantitative estimate of drug-likeness (QED) is 0.551. The van der Waals surface area contributed by atoms with Gasteiger partial charge >= 0.3 is 0 Å². The van der Waals surface area contributed by atoms with Gasteiger partial charge in [0.05, 0.1) is 0 Å². The van der Waals surface area contributed by atoms with Crippen LogP contribution in [0.5, 0.6) is 0 Å². The molecule has 0 amide bonds. The molecule has 0 heteroatoms. The lowest BCUT2D eigenvalue weighted by Gasteiger charge is -2.25. The van der Waals surface area contributed by atoms with Crippen molar-refractivity contribution in [3.05, 3.63) is 35.9 Å². The van der Waals surface area contributed by atoms with Gasteiger partial charge in [-0.15, -0.1) is 0 Å². The molecule has 1 aliphatic carbocycles. The molecule has 0 N–H and O–H groups in total. The maximum Gasteiger partial charge on any atom is -0.0162 e. The molecule has 1 aromatic rings. The lowest BCUT2D eigenvalue weighted by Crippen LogP contribution is -2.07. The molecule has 0 spiro atoms. The Bertz CT molecular complexity index is 197. The lowest BCUT2D eigenvalue weighted by molar-refractivity contribution is 0.420. The highest BCUT2D eigenvalue weighted by Gasteiger charge is 2.18. The van der Waals surface area contributed by atoms with Crippen LogP contribution in [0.1, 0.15) is 30.7 Å². The van der Waals surface area contributed by atoms with Gasteiger partial charge in [0, 0.05) is 0 Å². The van der Waals surface area contributed by atoms with Gasteiger partial charge in [-0.2, -0.15) is 0 Å². The van der Waals surface area contributed by atoms with Crippen LogP contribution in [-0.2, 0) is 0 Å². The van der Waals surface area contributed by atoms with Crippen LogP contribution in [0.2, 0.25) is 0 Å². The SMILES string of the molecule is c1ccc(C2CCC2)cc1. The van der Waals surface area contributed by atoms with Crippen LogP contribution in [0.4, 0.5) is 0 Å². The number of benzene rings is 1. The van der Waals surface area contributed by atoms with Crippen molar-refractivity contribution in [3.8, 4) is 0 Å². The third-order valence-electron chi connectivity index (χ3n) is 2.38. The molecule has 0 aromatic heterocycles. The van der Waals surface area contributed by atoms with Crippen molar-refractivity contribution in [2.24, 2.45) is 0 Å². The van der Waals surface area contributed by atoms with E-state index in [0.29, 0.717) is 0 Å². The summed E-state index contributed by atoms with van der Waals surface area (Å²) in [4.78, 5) is 0. The molecule has 10 heavy (non-hydrogen) atoms. The Kier molecular flexibility index (Phi) is 1.46. The maximum absolute atomic E-state index is 2.24. The van der Waals surface area contributed by atoms with E-state index in [1.807, 2.05) is 0 Å². The highest BCUT2D eigenvalue weighted by Crippen LogP contribution is 2.35. The van der Waals surface area contributed by atoms with E-state index in [4.69, 9.17) is 0 Å². The van der Waals surface area contributed by atoms with Gasteiger partial charge < -0.3 is 0 Å². The molecule has 0 unspecified atom stereocenters. The summed E-state index contributed by atoms with van der Waals surface area (Å²) in [6.45, 7) is 0. The molecule has 0 aliphatic heterocycles. The van der Waals surface area contributed by atoms with Crippen molar-refractivity contribution < 1.29 is 0 Å². The summed E-state index contributed by atoms with van der Waals surface area (Å²) in [5.74, 6) is 0.890. The smallest absolute Gasteiger partial charge is 0.0162 e. The molecule has 1 fully saturated rings. The fourth-order valence-electron chi connectivity index (χ4n) is 1.47. The molecule has 0 saturated heterocycles. The Balaban J connectivity index is 2.18. The Hall–Kier alpha value is -0.780. The molecule has 0 bridgehead atoms. The van der Waals surface area contributed by atoms with E-state index in [1.165, 1.54) is 24.8 Å². The second-order valence-corrected chi connectivity index (χ2v) is 3.04. The fraction of sp³-hybridized carbons (Fsp3) is 0.400. The zero-order valence-electron chi connectivity index (χ0n) is 6.09. The minimum atomic E-state index is 0.890. The van der Waals surface area contributed by atoms with Crippen molar-refractivity contribution in [3.63, 3.8) is 0 Å². The average Bonchev–Trinajstić information content (AvgIpc) is 1.86. The highest BCUT2D eigenvalue weighted by molar-refractivity contribution is 5.20. The molecule has 0 heterocycles. The molecule has 0 nitrogen and oxygen atoms in total. The first kappa shape index (κ1) is 5.96. The molecule has 1 aliphatic rings. The van der Waals surface area contributed by atoms with E-state index >= 15 is 0 Å². The molecule has 1 aromatic carbocycles. The minimum Gasteiger partial charge on any atom is -0.0622 e. The van der Waals surface area contributed by atoms with Crippen LogP contribution in [0.15, 0.2) is 30.3 Å². The predicted molar refractivity (Wildman–Crippen MR) is 43.0 cm³/mol. The average molecular weight is 132 g/mol. The Morgan fingerprint density at radius 1 is 1.00 bits per heavy atom. The zero-order chi connectivity index (χ0) is 6.81. The number of hydrogen-bond acceptors (Lipinski definition) is 0. The molecule has 1 saturated carbocycles. The van der Waals surface area contributed by atoms with Crippen LogP contribution in [0, 0.1) is 0 Å². The van der Waals surface area contributed by atoms with Gasteiger partial charge in [-0.25, -0.2) is 0 Å². The van der Waals surface area contributed by atoms with Crippen LogP contribution in [0.3, 0.4) is 0 Å². The fourth-order valence-corrected chi connectivity index (χ4v) is 1.47. The molecular weight excluding hydrogens is 120 g/mol. The standard InChI is InChI=1S/C10H12/c1-2-5-9(6-3-1)10-7-4-8-10/h1-3,5-6,10H,4,7-8H2. The van der Waals surface area contributed by atoms with Crippen LogP contribution in [-0.4, -0.2) is 0 Å². The summed E-state index contributed by atoms with van der Waals surface area (Å²) >= 11 is 0. The van der Waals surface area contributed by atoms with Gasteiger partial charge in [-0.1, -0.05) is 36.8 Å². The summed E-state index contributed by atoms with van der Waals surface area (Å²) in [7, 11) is 0. The summed E-state index contributed by atoms with van der Waals surface area (Å²) in [5.41, 5.74) is 1.54. The number of rotatable bonds is 1. The van der Waals surface area contributed by atoms with E-state index in [0.717, 1.165) is 5.92 Å². The molecule has 2 rings (SSSR count). The Morgan fingerprint density at radius 3 is 2.20 bits per heavy atom. The Labute approximate surface area is 61.9 Å². The highest BCUT2D eigenvalue weighted by atomic mass is 14.2. The molecular formula is C10H12. The first-order valence-electron chi connectivity index (χ1n) is 4.02. The first-order chi connectivity index (χ1) is 4.97. The van der Waals surface area contributed by atoms with Gasteiger partial charge in [0.1, 0.15) is 0 Å². The number of hydrogen-bond donors (Lipinski definition) is 0. The van der Waals surface area contributed by atoms with Crippen molar-refractivity contribution >= 4 is 0 Å². The van der Waals surface area contributed by atoms with Gasteiger partial charge in [-0.05, 0) is 24.3 Å². The third-order valence-corrected chi connectivity index (χ3v) is 2.38. The van der Waals surface area contributed by atoms with Crippen LogP contribution in [0.25, 0.3) is 0 Å². The normalized spacial score (nSPS) is 18.4. The predicted octanol–water partition coefficient (Wildman–Crippen LogP) is 2.95. The monoisotopic (exact) mass is 132 g/mol. The summed E-state index contributed by atoms with van der Waals surface area (Å²) in [6, 6.07) is 10.8. The largest absolute Gasteiger partial charge is 0.0622 e. The van der Waals surface area contributed by atoms with Gasteiger partial charge in [-0.3, -0.25) is 0 Å². The Morgan fingerprint density at radius 2 is 1.70 bits per heavy atom. The van der Waals surface area contributed by atoms with Gasteiger partial charge in [0.15, 0.2) is 0 Å². The molecule has 52 valence electrons. The first-order valence-corrected chi connectivity index (χ1v) is 4.02. The van der Waals surface area contributed by atoms with E-state index in [1.54, 1.807) is 0 Å². The van der Waals surface area contributed by atoms with Crippen molar-refractivity contribution in [1.29, 1.82) is 0 Å². The summed E-state index contributed by atoms with van der Waals surface area (Å²) in [6.07, 6.45) is 4.24. The van der Waals surface area contributed by atoms with E-state index in [2.05, 4.69) is 30.3 Å². The molecule has 0 radical (unpaired) electrons. The van der Waals surface area contributed by atoms with Crippen molar-refractivity contribution in [1.82, 2.24) is 0 Å². The second kappa shape index (κ2) is 2.45. The topological polar surface area (TPSA) is 0 Å². The van der Waals surface area contributed by atoms with Crippen LogP contribution < -0.4 is 0 Å². The summed E-state index contributed by atoms with van der Waals surface area (Å²) < 4.78 is 0. The zero-order valence-corrected chi connectivity index (χ0v) is 6.09. The molecule has 0 atom stereocenters. The summed E-state index contributed by atoms with van der Waals surface area (Å²) in [5, 5.41) is 0. The van der Waals surface area contributed by atoms with E-state index in [9.17, 15) is 0 Å². The third kappa shape index (κ3) is 0.942.